The second-order valence-electron chi connectivity index (χ2n) is 12.3. The number of aromatic hydroxyl groups is 1. The van der Waals surface area contributed by atoms with E-state index in [0.29, 0.717) is 23.2 Å². The van der Waals surface area contributed by atoms with Crippen molar-refractivity contribution in [3.05, 3.63) is 58.7 Å². The van der Waals surface area contributed by atoms with Crippen LogP contribution < -0.4 is 16.4 Å². The molecule has 0 fully saturated rings. The lowest BCUT2D eigenvalue weighted by Crippen LogP contribution is -2.59. The van der Waals surface area contributed by atoms with Crippen LogP contribution in [0.3, 0.4) is 0 Å². The number of amides is 4. The van der Waals surface area contributed by atoms with Gasteiger partial charge in [0.05, 0.1) is 0 Å². The fourth-order valence-corrected chi connectivity index (χ4v) is 4.58. The highest BCUT2D eigenvalue weighted by molar-refractivity contribution is 6.00. The highest BCUT2D eigenvalue weighted by Gasteiger charge is 2.43. The van der Waals surface area contributed by atoms with Gasteiger partial charge < -0.3 is 31.1 Å². The number of primary amides is 1. The quantitative estimate of drug-likeness (QED) is 0.287. The molecule has 2 rings (SSSR count). The first-order chi connectivity index (χ1) is 19.4. The normalized spacial score (nSPS) is 13.1. The standard InChI is InChI=1S/C32H46N4O6/c1-10-32(8,9)36(29(40)23(15-17-25(33)38)34-30(41)42-31(5,6)7)27(22-14-16-24(37)21(4)18-22)28(39)35-26-19(2)12-11-13-20(26)3/h11-14,16,18,23,27,37H,10,15,17H2,1-9H3,(H2,33,38)(H,34,41)(H,35,39). The van der Waals surface area contributed by atoms with Crippen molar-refractivity contribution in [1.82, 2.24) is 10.2 Å². The number of hydrogen-bond acceptors (Lipinski definition) is 6. The van der Waals surface area contributed by atoms with Crippen molar-refractivity contribution in [3.8, 4) is 5.75 Å². The van der Waals surface area contributed by atoms with Crippen LogP contribution in [0.1, 0.15) is 89.1 Å². The Labute approximate surface area is 249 Å². The number of nitrogens with one attached hydrogen (secondary N) is 2. The third-order valence-electron chi connectivity index (χ3n) is 7.20. The first-order valence-corrected chi connectivity index (χ1v) is 14.2. The number of hydrogen-bond donors (Lipinski definition) is 4. The molecule has 0 radical (unpaired) electrons. The zero-order valence-electron chi connectivity index (χ0n) is 26.3. The van der Waals surface area contributed by atoms with Gasteiger partial charge in [0.25, 0.3) is 5.91 Å². The minimum absolute atomic E-state index is 0.0474. The number of aryl methyl sites for hydroxylation is 3. The molecule has 5 N–H and O–H groups in total. The zero-order valence-corrected chi connectivity index (χ0v) is 26.3. The highest BCUT2D eigenvalue weighted by atomic mass is 16.6. The van der Waals surface area contributed by atoms with Crippen LogP contribution in [0.4, 0.5) is 10.5 Å². The van der Waals surface area contributed by atoms with E-state index in [1.165, 1.54) is 11.0 Å². The summed E-state index contributed by atoms with van der Waals surface area (Å²) in [6.45, 7) is 16.1. The number of rotatable bonds is 11. The highest BCUT2D eigenvalue weighted by Crippen LogP contribution is 2.35. The van der Waals surface area contributed by atoms with Crippen LogP contribution in [0, 0.1) is 20.8 Å². The molecule has 2 aromatic carbocycles. The summed E-state index contributed by atoms with van der Waals surface area (Å²) in [7, 11) is 0. The van der Waals surface area contributed by atoms with Gasteiger partial charge in [0, 0.05) is 17.6 Å². The Morgan fingerprint density at radius 1 is 0.976 bits per heavy atom. The van der Waals surface area contributed by atoms with E-state index in [1.807, 2.05) is 52.8 Å². The number of phenols is 1. The van der Waals surface area contributed by atoms with Crippen molar-refractivity contribution in [2.45, 2.75) is 105 Å². The summed E-state index contributed by atoms with van der Waals surface area (Å²) in [6, 6.07) is 8.02. The molecule has 230 valence electrons. The largest absolute Gasteiger partial charge is 0.508 e. The van der Waals surface area contributed by atoms with Gasteiger partial charge in [0.15, 0.2) is 0 Å². The average molecular weight is 583 g/mol. The van der Waals surface area contributed by atoms with Gasteiger partial charge in [-0.3, -0.25) is 14.4 Å². The topological polar surface area (TPSA) is 151 Å². The van der Waals surface area contributed by atoms with Crippen LogP contribution in [-0.2, 0) is 19.1 Å². The molecule has 0 spiro atoms. The molecule has 10 heteroatoms. The summed E-state index contributed by atoms with van der Waals surface area (Å²) >= 11 is 0. The zero-order chi connectivity index (χ0) is 32.0. The van der Waals surface area contributed by atoms with Gasteiger partial charge in [0.2, 0.25) is 11.8 Å². The third kappa shape index (κ3) is 8.96. The molecule has 0 aliphatic carbocycles. The van der Waals surface area contributed by atoms with Crippen LogP contribution >= 0.6 is 0 Å². The van der Waals surface area contributed by atoms with E-state index >= 15 is 0 Å². The lowest BCUT2D eigenvalue weighted by Gasteiger charge is -2.44. The molecule has 0 saturated heterocycles. The SMILES string of the molecule is CCC(C)(C)N(C(=O)C(CCC(N)=O)NC(=O)OC(C)(C)C)C(C(=O)Nc1c(C)cccc1C)c1ccc(O)c(C)c1. The van der Waals surface area contributed by atoms with E-state index in [2.05, 4.69) is 10.6 Å². The maximum Gasteiger partial charge on any atom is 0.408 e. The molecule has 0 aromatic heterocycles. The number of nitrogens with two attached hydrogens (primary N) is 1. The molecule has 0 bridgehead atoms. The maximum absolute atomic E-state index is 14.5. The van der Waals surface area contributed by atoms with Crippen molar-refractivity contribution in [2.24, 2.45) is 5.73 Å². The van der Waals surface area contributed by atoms with E-state index in [0.717, 1.165) is 11.1 Å². The Kier molecular flexibility index (Phi) is 11.1. The molecule has 0 aliphatic rings. The number of alkyl carbamates (subject to hydrolysis) is 1. The molecule has 2 atom stereocenters. The van der Waals surface area contributed by atoms with E-state index in [1.54, 1.807) is 39.8 Å². The van der Waals surface area contributed by atoms with Crippen molar-refractivity contribution in [3.63, 3.8) is 0 Å². The minimum Gasteiger partial charge on any atom is -0.508 e. The van der Waals surface area contributed by atoms with Crippen molar-refractivity contribution >= 4 is 29.5 Å². The summed E-state index contributed by atoms with van der Waals surface area (Å²) in [5.41, 5.74) is 7.00. The second-order valence-corrected chi connectivity index (χ2v) is 12.3. The molecule has 0 heterocycles. The number of ether oxygens (including phenoxy) is 1. The predicted octanol–water partition coefficient (Wildman–Crippen LogP) is 5.17. The lowest BCUT2D eigenvalue weighted by atomic mass is 9.90. The molecular formula is C32H46N4O6. The van der Waals surface area contributed by atoms with Gasteiger partial charge in [-0.2, -0.15) is 0 Å². The van der Waals surface area contributed by atoms with E-state index < -0.39 is 47.0 Å². The lowest BCUT2D eigenvalue weighted by molar-refractivity contribution is -0.148. The minimum atomic E-state index is -1.22. The summed E-state index contributed by atoms with van der Waals surface area (Å²) in [4.78, 5) is 54.7. The Bertz CT molecular complexity index is 1290. The number of phenolic OH excluding ortho intramolecular Hbond substituents is 1. The van der Waals surface area contributed by atoms with E-state index in [-0.39, 0.29) is 18.6 Å². The summed E-state index contributed by atoms with van der Waals surface area (Å²) in [6.07, 6.45) is -0.650. The molecule has 42 heavy (non-hydrogen) atoms. The molecule has 2 unspecified atom stereocenters. The Morgan fingerprint density at radius 2 is 1.57 bits per heavy atom. The third-order valence-corrected chi connectivity index (χ3v) is 7.20. The fourth-order valence-electron chi connectivity index (χ4n) is 4.58. The molecule has 4 amide bonds. The summed E-state index contributed by atoms with van der Waals surface area (Å²) in [5.74, 6) is -1.65. The van der Waals surface area contributed by atoms with Crippen LogP contribution in [-0.4, -0.2) is 51.0 Å². The Balaban J connectivity index is 2.73. The van der Waals surface area contributed by atoms with Gasteiger partial charge in [-0.05, 0) is 103 Å². The van der Waals surface area contributed by atoms with Gasteiger partial charge in [-0.1, -0.05) is 31.2 Å². The summed E-state index contributed by atoms with van der Waals surface area (Å²) < 4.78 is 5.40. The van der Waals surface area contributed by atoms with Crippen LogP contribution in [0.2, 0.25) is 0 Å². The van der Waals surface area contributed by atoms with Gasteiger partial charge in [-0.25, -0.2) is 4.79 Å². The monoisotopic (exact) mass is 582 g/mol. The predicted molar refractivity (Wildman–Crippen MR) is 163 cm³/mol. The number of nitrogens with zero attached hydrogens (tertiary/aromatic N) is 1. The Hall–Kier alpha value is -4.08. The number of benzene rings is 2. The molecule has 0 aliphatic heterocycles. The van der Waals surface area contributed by atoms with Gasteiger partial charge in [0.1, 0.15) is 23.4 Å². The number of para-hydroxylation sites is 1. The summed E-state index contributed by atoms with van der Waals surface area (Å²) in [5, 5.41) is 15.9. The molecule has 0 saturated carbocycles. The van der Waals surface area contributed by atoms with E-state index in [9.17, 15) is 24.3 Å². The molecule has 10 nitrogen and oxygen atoms in total. The number of carbonyl (C=O) groups is 4. The van der Waals surface area contributed by atoms with E-state index in [4.69, 9.17) is 10.5 Å². The fraction of sp³-hybridized carbons (Fsp3) is 0.500. The number of anilines is 1. The maximum atomic E-state index is 14.5. The van der Waals surface area contributed by atoms with Crippen LogP contribution in [0.25, 0.3) is 0 Å². The smallest absolute Gasteiger partial charge is 0.408 e. The Morgan fingerprint density at radius 3 is 2.07 bits per heavy atom. The van der Waals surface area contributed by atoms with Crippen molar-refractivity contribution < 1.29 is 29.0 Å². The van der Waals surface area contributed by atoms with Gasteiger partial charge in [-0.15, -0.1) is 0 Å². The van der Waals surface area contributed by atoms with Crippen molar-refractivity contribution in [2.75, 3.05) is 5.32 Å². The van der Waals surface area contributed by atoms with Crippen LogP contribution in [0.15, 0.2) is 36.4 Å². The first-order valence-electron chi connectivity index (χ1n) is 14.2. The second kappa shape index (κ2) is 13.7. The average Bonchev–Trinajstić information content (AvgIpc) is 2.87. The van der Waals surface area contributed by atoms with Crippen LogP contribution in [0.5, 0.6) is 5.75 Å². The van der Waals surface area contributed by atoms with Crippen molar-refractivity contribution in [1.29, 1.82) is 0 Å². The van der Waals surface area contributed by atoms with Gasteiger partial charge >= 0.3 is 6.09 Å². The number of carbonyl (C=O) groups excluding carboxylic acids is 4. The first kappa shape index (κ1) is 34.1. The molecule has 2 aromatic rings. The molecular weight excluding hydrogens is 536 g/mol.